The number of ether oxygens (including phenoxy) is 1. The molecular formula is C27H50O4. The third-order valence-electron chi connectivity index (χ3n) is 7.27. The second-order valence-corrected chi connectivity index (χ2v) is 9.87. The Morgan fingerprint density at radius 3 is 1.77 bits per heavy atom. The number of carbonyl (C=O) groups excluding carboxylic acids is 1. The van der Waals surface area contributed by atoms with Gasteiger partial charge in [-0.15, -0.1) is 0 Å². The number of rotatable bonds is 18. The molecule has 0 amide bonds. The first-order valence-corrected chi connectivity index (χ1v) is 13.4. The van der Waals surface area contributed by atoms with Crippen molar-refractivity contribution in [1.82, 2.24) is 0 Å². The van der Waals surface area contributed by atoms with Crippen molar-refractivity contribution in [3.63, 3.8) is 0 Å². The molecule has 1 N–H and O–H groups in total. The molecule has 0 bridgehead atoms. The number of carboxylic acids is 1. The summed E-state index contributed by atoms with van der Waals surface area (Å²) >= 11 is 0. The molecule has 1 aliphatic rings. The Labute approximate surface area is 191 Å². The van der Waals surface area contributed by atoms with Crippen molar-refractivity contribution >= 4 is 11.9 Å². The first-order valence-electron chi connectivity index (χ1n) is 13.4. The van der Waals surface area contributed by atoms with Crippen LogP contribution in [0.5, 0.6) is 0 Å². The van der Waals surface area contributed by atoms with Gasteiger partial charge >= 0.3 is 11.9 Å². The summed E-state index contributed by atoms with van der Waals surface area (Å²) in [6, 6.07) is 0. The van der Waals surface area contributed by atoms with Crippen LogP contribution in [0.1, 0.15) is 136 Å². The van der Waals surface area contributed by atoms with E-state index >= 15 is 0 Å². The first-order chi connectivity index (χ1) is 15.0. The topological polar surface area (TPSA) is 63.6 Å². The molecule has 4 heteroatoms. The number of carboxylic acid groups (broad SMARTS) is 1. The van der Waals surface area contributed by atoms with E-state index in [0.29, 0.717) is 18.8 Å². The van der Waals surface area contributed by atoms with Gasteiger partial charge in [-0.2, -0.15) is 0 Å². The highest BCUT2D eigenvalue weighted by molar-refractivity contribution is 5.81. The fourth-order valence-electron chi connectivity index (χ4n) is 4.85. The van der Waals surface area contributed by atoms with Gasteiger partial charge in [0.2, 0.25) is 0 Å². The van der Waals surface area contributed by atoms with Gasteiger partial charge in [0, 0.05) is 0 Å². The summed E-state index contributed by atoms with van der Waals surface area (Å²) in [5.74, 6) is -1.81. The van der Waals surface area contributed by atoms with E-state index in [9.17, 15) is 14.7 Å². The predicted octanol–water partition coefficient (Wildman–Crippen LogP) is 7.93. The average Bonchev–Trinajstić information content (AvgIpc) is 2.78. The molecule has 4 nitrogen and oxygen atoms in total. The maximum atomic E-state index is 12.8. The maximum Gasteiger partial charge on any atom is 0.310 e. The van der Waals surface area contributed by atoms with Gasteiger partial charge in [0.25, 0.3) is 0 Å². The van der Waals surface area contributed by atoms with Gasteiger partial charge in [0.1, 0.15) is 6.10 Å². The first kappa shape index (κ1) is 28.0. The largest absolute Gasteiger partial charge is 0.481 e. The van der Waals surface area contributed by atoms with Crippen molar-refractivity contribution in [3.05, 3.63) is 0 Å². The van der Waals surface area contributed by atoms with E-state index < -0.39 is 17.8 Å². The molecular weight excluding hydrogens is 388 g/mol. The molecule has 1 aliphatic carbocycles. The highest BCUT2D eigenvalue weighted by Gasteiger charge is 2.38. The van der Waals surface area contributed by atoms with Crippen LogP contribution >= 0.6 is 0 Å². The fraction of sp³-hybridized carbons (Fsp3) is 0.926. The zero-order valence-corrected chi connectivity index (χ0v) is 20.7. The average molecular weight is 439 g/mol. The number of esters is 1. The number of unbranched alkanes of at least 4 members (excludes halogenated alkanes) is 11. The van der Waals surface area contributed by atoms with E-state index in [4.69, 9.17) is 4.74 Å². The van der Waals surface area contributed by atoms with Crippen LogP contribution in [0, 0.1) is 17.8 Å². The van der Waals surface area contributed by atoms with Crippen LogP contribution in [0.2, 0.25) is 0 Å². The normalized spacial score (nSPS) is 20.9. The Balaban J connectivity index is 2.24. The lowest BCUT2D eigenvalue weighted by molar-refractivity contribution is -0.166. The summed E-state index contributed by atoms with van der Waals surface area (Å²) in [7, 11) is 0. The van der Waals surface area contributed by atoms with Crippen molar-refractivity contribution in [1.29, 1.82) is 0 Å². The summed E-state index contributed by atoms with van der Waals surface area (Å²) in [4.78, 5) is 24.3. The summed E-state index contributed by atoms with van der Waals surface area (Å²) in [6.07, 6.45) is 20.7. The van der Waals surface area contributed by atoms with Crippen LogP contribution in [0.25, 0.3) is 0 Å². The van der Waals surface area contributed by atoms with E-state index in [0.717, 1.165) is 32.1 Å². The second kappa shape index (κ2) is 17.5. The Kier molecular flexibility index (Phi) is 15.8. The lowest BCUT2D eigenvalue weighted by Gasteiger charge is -2.30. The van der Waals surface area contributed by atoms with E-state index in [1.807, 2.05) is 0 Å². The molecule has 0 aromatic heterocycles. The predicted molar refractivity (Wildman–Crippen MR) is 128 cm³/mol. The lowest BCUT2D eigenvalue weighted by atomic mass is 9.79. The van der Waals surface area contributed by atoms with Crippen molar-refractivity contribution in [2.24, 2.45) is 17.8 Å². The van der Waals surface area contributed by atoms with Crippen LogP contribution in [0.4, 0.5) is 0 Å². The zero-order chi connectivity index (χ0) is 22.9. The quantitative estimate of drug-likeness (QED) is 0.174. The molecule has 0 saturated heterocycles. The van der Waals surface area contributed by atoms with Crippen molar-refractivity contribution in [2.75, 3.05) is 0 Å². The molecule has 1 saturated carbocycles. The molecule has 0 spiro atoms. The standard InChI is InChI=1S/C27H50O4/c1-4-6-7-8-9-10-11-12-13-14-15-16-21-25(22(3)5-2)31-27(30)24-20-18-17-19-23(24)26(28)29/h22-25H,4-21H2,1-3H3,(H,28,29). The third-order valence-corrected chi connectivity index (χ3v) is 7.27. The van der Waals surface area contributed by atoms with Gasteiger partial charge in [0.05, 0.1) is 11.8 Å². The monoisotopic (exact) mass is 438 g/mol. The molecule has 4 atom stereocenters. The fourth-order valence-corrected chi connectivity index (χ4v) is 4.85. The SMILES string of the molecule is CCCCCCCCCCCCCCC(OC(=O)C1CCCCC1C(=O)O)C(C)CC. The minimum atomic E-state index is -0.845. The summed E-state index contributed by atoms with van der Waals surface area (Å²) in [6.45, 7) is 6.54. The number of hydrogen-bond acceptors (Lipinski definition) is 3. The van der Waals surface area contributed by atoms with Crippen LogP contribution in [-0.4, -0.2) is 23.1 Å². The van der Waals surface area contributed by atoms with E-state index in [1.165, 1.54) is 70.6 Å². The summed E-state index contributed by atoms with van der Waals surface area (Å²) in [5.41, 5.74) is 0. The van der Waals surface area contributed by atoms with Crippen molar-refractivity contribution in [3.8, 4) is 0 Å². The molecule has 31 heavy (non-hydrogen) atoms. The molecule has 0 radical (unpaired) electrons. The van der Waals surface area contributed by atoms with Crippen molar-refractivity contribution in [2.45, 2.75) is 142 Å². The van der Waals surface area contributed by atoms with Gasteiger partial charge in [-0.05, 0) is 31.6 Å². The highest BCUT2D eigenvalue weighted by Crippen LogP contribution is 2.32. The molecule has 0 aliphatic heterocycles. The van der Waals surface area contributed by atoms with Gasteiger partial charge in [-0.1, -0.05) is 111 Å². The van der Waals surface area contributed by atoms with Crippen LogP contribution in [0.3, 0.4) is 0 Å². The number of hydrogen-bond donors (Lipinski definition) is 1. The molecule has 182 valence electrons. The lowest BCUT2D eigenvalue weighted by Crippen LogP contribution is -2.37. The maximum absolute atomic E-state index is 12.8. The smallest absolute Gasteiger partial charge is 0.310 e. The zero-order valence-electron chi connectivity index (χ0n) is 20.7. The second-order valence-electron chi connectivity index (χ2n) is 9.87. The van der Waals surface area contributed by atoms with Gasteiger partial charge < -0.3 is 9.84 Å². The molecule has 1 rings (SSSR count). The Bertz CT molecular complexity index is 476. The van der Waals surface area contributed by atoms with Gasteiger partial charge in [-0.3, -0.25) is 9.59 Å². The Morgan fingerprint density at radius 2 is 1.29 bits per heavy atom. The number of carbonyl (C=O) groups is 2. The van der Waals surface area contributed by atoms with Crippen LogP contribution in [-0.2, 0) is 14.3 Å². The minimum Gasteiger partial charge on any atom is -0.481 e. The molecule has 0 aromatic carbocycles. The molecule has 4 unspecified atom stereocenters. The highest BCUT2D eigenvalue weighted by atomic mass is 16.5. The van der Waals surface area contributed by atoms with E-state index in [2.05, 4.69) is 20.8 Å². The Hall–Kier alpha value is -1.06. The van der Waals surface area contributed by atoms with Gasteiger partial charge in [0.15, 0.2) is 0 Å². The van der Waals surface area contributed by atoms with E-state index in [-0.39, 0.29) is 12.1 Å². The van der Waals surface area contributed by atoms with Gasteiger partial charge in [-0.25, -0.2) is 0 Å². The molecule has 0 aromatic rings. The summed E-state index contributed by atoms with van der Waals surface area (Å²) < 4.78 is 5.92. The van der Waals surface area contributed by atoms with Crippen LogP contribution < -0.4 is 0 Å². The molecule has 0 heterocycles. The molecule has 1 fully saturated rings. The Morgan fingerprint density at radius 1 is 0.806 bits per heavy atom. The third kappa shape index (κ3) is 11.9. The van der Waals surface area contributed by atoms with E-state index in [1.54, 1.807) is 0 Å². The van der Waals surface area contributed by atoms with Crippen LogP contribution in [0.15, 0.2) is 0 Å². The summed E-state index contributed by atoms with van der Waals surface area (Å²) in [5, 5.41) is 9.47. The van der Waals surface area contributed by atoms with Crippen molar-refractivity contribution < 1.29 is 19.4 Å². The minimum absolute atomic E-state index is 0.0722. The number of aliphatic carboxylic acids is 1.